The average molecular weight is 473 g/mol. The number of carbonyl (C=O) groups excluding carboxylic acids is 2. The quantitative estimate of drug-likeness (QED) is 0.428. The van der Waals surface area contributed by atoms with Crippen molar-refractivity contribution in [1.29, 1.82) is 0 Å². The Morgan fingerprint density at radius 1 is 1.15 bits per heavy atom. The first-order chi connectivity index (χ1) is 15.8. The van der Waals surface area contributed by atoms with Crippen LogP contribution >= 0.6 is 0 Å². The number of rotatable bonds is 2. The molecule has 0 spiro atoms. The summed E-state index contributed by atoms with van der Waals surface area (Å²) in [6.07, 6.45) is 7.43. The first-order valence-corrected chi connectivity index (χ1v) is 13.6. The van der Waals surface area contributed by atoms with Gasteiger partial charge in [-0.2, -0.15) is 0 Å². The zero-order chi connectivity index (χ0) is 24.8. The normalized spacial score (nSPS) is 54.3. The van der Waals surface area contributed by atoms with Crippen LogP contribution in [-0.4, -0.2) is 35.4 Å². The molecule has 5 rings (SSSR count). The molecular formula is C29H44O5. The molecule has 11 atom stereocenters. The second-order valence-electron chi connectivity index (χ2n) is 13.2. The lowest BCUT2D eigenvalue weighted by molar-refractivity contribution is -0.252. The zero-order valence-electron chi connectivity index (χ0n) is 22.1. The van der Waals surface area contributed by atoms with Crippen LogP contribution < -0.4 is 0 Å². The molecule has 5 nitrogen and oxygen atoms in total. The second kappa shape index (κ2) is 7.65. The van der Waals surface area contributed by atoms with Crippen molar-refractivity contribution in [2.75, 3.05) is 0 Å². The van der Waals surface area contributed by atoms with Gasteiger partial charge >= 0.3 is 5.97 Å². The van der Waals surface area contributed by atoms with Crippen molar-refractivity contribution >= 4 is 11.8 Å². The molecule has 5 aliphatic rings. The van der Waals surface area contributed by atoms with E-state index in [0.29, 0.717) is 24.0 Å². The van der Waals surface area contributed by atoms with Crippen LogP contribution in [0.2, 0.25) is 0 Å². The predicted molar refractivity (Wildman–Crippen MR) is 130 cm³/mol. The van der Waals surface area contributed by atoms with E-state index in [4.69, 9.17) is 9.47 Å². The number of ether oxygens (including phenoxy) is 2. The number of esters is 1. The molecule has 11 unspecified atom stereocenters. The number of hydrogen-bond acceptors (Lipinski definition) is 5. The predicted octanol–water partition coefficient (Wildman–Crippen LogP) is 5.45. The monoisotopic (exact) mass is 472 g/mol. The topological polar surface area (TPSA) is 72.8 Å². The van der Waals surface area contributed by atoms with Gasteiger partial charge in [-0.3, -0.25) is 9.59 Å². The summed E-state index contributed by atoms with van der Waals surface area (Å²) in [4.78, 5) is 25.5. The highest BCUT2D eigenvalue weighted by Crippen LogP contribution is 2.74. The molecule has 0 aromatic rings. The lowest BCUT2D eigenvalue weighted by Gasteiger charge is -2.70. The van der Waals surface area contributed by atoms with Crippen molar-refractivity contribution in [3.8, 4) is 0 Å². The Labute approximate surface area is 205 Å². The Hall–Kier alpha value is -1.20. The van der Waals surface area contributed by atoms with Gasteiger partial charge in [0.15, 0.2) is 6.29 Å². The standard InChI is InChI=1S/C29H44O5/c1-8-26(4)19-11-13-28(6)20-10-9-18-16(2)33-25(32)24(18)29(20,7)23(34-17(3)30)15-21(28)27(19,5)14-12-22(26)31/h9,16,19-21,23-25,32H,8,10-15H2,1-7H3. The summed E-state index contributed by atoms with van der Waals surface area (Å²) in [5, 5.41) is 11.1. The smallest absolute Gasteiger partial charge is 0.302 e. The fraction of sp³-hybridized carbons (Fsp3) is 0.862. The fourth-order valence-electron chi connectivity index (χ4n) is 10.3. The van der Waals surface area contributed by atoms with Gasteiger partial charge in [0.1, 0.15) is 11.9 Å². The van der Waals surface area contributed by atoms with Gasteiger partial charge in [-0.1, -0.05) is 40.7 Å². The summed E-state index contributed by atoms with van der Waals surface area (Å²) < 4.78 is 12.1. The van der Waals surface area contributed by atoms with E-state index < -0.39 is 6.29 Å². The van der Waals surface area contributed by atoms with Crippen molar-refractivity contribution in [3.63, 3.8) is 0 Å². The van der Waals surface area contributed by atoms with Gasteiger partial charge in [0.2, 0.25) is 0 Å². The Balaban J connectivity index is 1.63. The Bertz CT molecular complexity index is 925. The molecule has 1 aliphatic heterocycles. The van der Waals surface area contributed by atoms with E-state index in [1.165, 1.54) is 12.5 Å². The number of carbonyl (C=O) groups is 2. The number of aliphatic hydroxyl groups is 1. The number of Topliss-reactive ketones (excluding diaryl/α,β-unsaturated/α-hetero) is 1. The molecule has 1 saturated heterocycles. The third-order valence-corrected chi connectivity index (χ3v) is 12.1. The third kappa shape index (κ3) is 2.92. The van der Waals surface area contributed by atoms with Crippen LogP contribution in [0.25, 0.3) is 0 Å². The van der Waals surface area contributed by atoms with Crippen molar-refractivity contribution in [3.05, 3.63) is 11.6 Å². The summed E-state index contributed by atoms with van der Waals surface area (Å²) in [5.41, 5.74) is 0.614. The minimum Gasteiger partial charge on any atom is -0.462 e. The van der Waals surface area contributed by atoms with E-state index in [-0.39, 0.29) is 51.7 Å². The first-order valence-electron chi connectivity index (χ1n) is 13.6. The maximum absolute atomic E-state index is 13.1. The molecule has 5 heteroatoms. The number of allylic oxidation sites excluding steroid dienone is 1. The molecule has 3 saturated carbocycles. The van der Waals surface area contributed by atoms with Gasteiger partial charge < -0.3 is 14.6 Å². The molecule has 0 radical (unpaired) electrons. The molecule has 0 bridgehead atoms. The van der Waals surface area contributed by atoms with Crippen LogP contribution in [0, 0.1) is 45.3 Å². The number of fused-ring (bicyclic) bond motifs is 7. The fourth-order valence-corrected chi connectivity index (χ4v) is 10.3. The largest absolute Gasteiger partial charge is 0.462 e. The van der Waals surface area contributed by atoms with Gasteiger partial charge in [-0.15, -0.1) is 0 Å². The van der Waals surface area contributed by atoms with Crippen molar-refractivity contribution in [2.24, 2.45) is 45.3 Å². The zero-order valence-corrected chi connectivity index (χ0v) is 22.1. The molecular weight excluding hydrogens is 428 g/mol. The highest BCUT2D eigenvalue weighted by molar-refractivity contribution is 5.86. The van der Waals surface area contributed by atoms with Gasteiger partial charge in [-0.05, 0) is 79.6 Å². The van der Waals surface area contributed by atoms with Crippen molar-refractivity contribution in [1.82, 2.24) is 0 Å². The van der Waals surface area contributed by atoms with Gasteiger partial charge in [0, 0.05) is 30.1 Å². The van der Waals surface area contributed by atoms with E-state index in [9.17, 15) is 14.7 Å². The van der Waals surface area contributed by atoms with Gasteiger partial charge in [0.05, 0.1) is 6.10 Å². The SMILES string of the molecule is CCC1(C)C(=O)CCC2(C)C1CCC1(C)C2CC(OC(C)=O)C2(C)C3C(=CCC12)C(C)OC3O. The van der Waals surface area contributed by atoms with Crippen molar-refractivity contribution in [2.45, 2.75) is 112 Å². The molecule has 0 aromatic carbocycles. The summed E-state index contributed by atoms with van der Waals surface area (Å²) in [6, 6.07) is 0. The van der Waals surface area contributed by atoms with Crippen LogP contribution in [0.1, 0.15) is 93.4 Å². The van der Waals surface area contributed by atoms with E-state index >= 15 is 0 Å². The number of hydrogen-bond donors (Lipinski definition) is 1. The van der Waals surface area contributed by atoms with Crippen LogP contribution in [-0.2, 0) is 19.1 Å². The Kier molecular flexibility index (Phi) is 5.51. The summed E-state index contributed by atoms with van der Waals surface area (Å²) in [6.45, 7) is 15.1. The van der Waals surface area contributed by atoms with Gasteiger partial charge in [-0.25, -0.2) is 0 Å². The maximum atomic E-state index is 13.1. The molecule has 1 N–H and O–H groups in total. The van der Waals surface area contributed by atoms with E-state index in [0.717, 1.165) is 38.5 Å². The maximum Gasteiger partial charge on any atom is 0.302 e. The Morgan fingerprint density at radius 3 is 2.47 bits per heavy atom. The molecule has 34 heavy (non-hydrogen) atoms. The highest BCUT2D eigenvalue weighted by atomic mass is 16.6. The van der Waals surface area contributed by atoms with Crippen LogP contribution in [0.4, 0.5) is 0 Å². The minimum atomic E-state index is -0.866. The third-order valence-electron chi connectivity index (χ3n) is 12.1. The van der Waals surface area contributed by atoms with Crippen LogP contribution in [0.3, 0.4) is 0 Å². The summed E-state index contributed by atoms with van der Waals surface area (Å²) in [7, 11) is 0. The minimum absolute atomic E-state index is 0.0352. The van der Waals surface area contributed by atoms with E-state index in [2.05, 4.69) is 40.7 Å². The average Bonchev–Trinajstić information content (AvgIpc) is 3.06. The summed E-state index contributed by atoms with van der Waals surface area (Å²) in [5.74, 6) is 1.05. The van der Waals surface area contributed by atoms with Crippen LogP contribution in [0.15, 0.2) is 11.6 Å². The molecule has 1 heterocycles. The summed E-state index contributed by atoms with van der Waals surface area (Å²) >= 11 is 0. The number of aliphatic hydroxyl groups excluding tert-OH is 1. The second-order valence-corrected chi connectivity index (χ2v) is 13.2. The lowest BCUT2D eigenvalue weighted by Crippen LogP contribution is -2.68. The molecule has 0 amide bonds. The molecule has 4 fully saturated rings. The first kappa shape index (κ1) is 24.5. The highest BCUT2D eigenvalue weighted by Gasteiger charge is 2.71. The molecule has 190 valence electrons. The molecule has 0 aromatic heterocycles. The Morgan fingerprint density at radius 2 is 1.82 bits per heavy atom. The van der Waals surface area contributed by atoms with Crippen LogP contribution in [0.5, 0.6) is 0 Å². The van der Waals surface area contributed by atoms with E-state index in [1.807, 2.05) is 6.92 Å². The van der Waals surface area contributed by atoms with E-state index in [1.54, 1.807) is 0 Å². The lowest BCUT2D eigenvalue weighted by atomic mass is 9.34. The molecule has 4 aliphatic carbocycles. The van der Waals surface area contributed by atoms with Crippen molar-refractivity contribution < 1.29 is 24.2 Å². The number of ketones is 1. The van der Waals surface area contributed by atoms with Gasteiger partial charge in [0.25, 0.3) is 0 Å².